The first-order chi connectivity index (χ1) is 12.5. The summed E-state index contributed by atoms with van der Waals surface area (Å²) >= 11 is 1.46. The first-order valence-electron chi connectivity index (χ1n) is 8.43. The third-order valence-corrected chi connectivity index (χ3v) is 5.66. The fraction of sp³-hybridized carbons (Fsp3) is 0.333. The lowest BCUT2D eigenvalue weighted by Crippen LogP contribution is -2.41. The molecule has 1 heterocycles. The van der Waals surface area contributed by atoms with Crippen molar-refractivity contribution in [3.63, 3.8) is 0 Å². The minimum absolute atomic E-state index is 0.115. The molecule has 0 bridgehead atoms. The Hall–Kier alpha value is -2.74. The van der Waals surface area contributed by atoms with Crippen molar-refractivity contribution in [1.29, 1.82) is 0 Å². The van der Waals surface area contributed by atoms with Crippen LogP contribution in [-0.2, 0) is 12.8 Å². The van der Waals surface area contributed by atoms with Crippen molar-refractivity contribution in [2.75, 3.05) is 0 Å². The van der Waals surface area contributed by atoms with E-state index in [9.17, 15) is 19.7 Å². The van der Waals surface area contributed by atoms with Crippen LogP contribution in [0.2, 0.25) is 0 Å². The molecule has 7 nitrogen and oxygen atoms in total. The summed E-state index contributed by atoms with van der Waals surface area (Å²) < 4.78 is 0. The molecular weight excluding hydrogens is 354 g/mol. The Kier molecular flexibility index (Phi) is 5.32. The largest absolute Gasteiger partial charge is 0.279 e. The van der Waals surface area contributed by atoms with Crippen molar-refractivity contribution in [3.05, 3.63) is 60.8 Å². The van der Waals surface area contributed by atoms with E-state index in [1.807, 2.05) is 6.07 Å². The van der Waals surface area contributed by atoms with E-state index < -0.39 is 10.8 Å². The molecule has 1 aromatic heterocycles. The molecule has 0 atom stereocenters. The molecule has 26 heavy (non-hydrogen) atoms. The number of fused-ring (bicyclic) bond motifs is 1. The van der Waals surface area contributed by atoms with Gasteiger partial charge in [-0.05, 0) is 50.3 Å². The van der Waals surface area contributed by atoms with E-state index in [-0.39, 0.29) is 17.2 Å². The van der Waals surface area contributed by atoms with Crippen LogP contribution in [0.1, 0.15) is 55.3 Å². The van der Waals surface area contributed by atoms with Gasteiger partial charge in [0.15, 0.2) is 0 Å². The zero-order valence-corrected chi connectivity index (χ0v) is 15.1. The van der Waals surface area contributed by atoms with Crippen LogP contribution >= 0.6 is 11.3 Å². The van der Waals surface area contributed by atoms with Crippen LogP contribution in [0, 0.1) is 17.0 Å². The van der Waals surface area contributed by atoms with Crippen LogP contribution in [-0.4, -0.2) is 16.7 Å². The highest BCUT2D eigenvalue weighted by Gasteiger charge is 2.18. The maximum absolute atomic E-state index is 12.3. The van der Waals surface area contributed by atoms with Crippen molar-refractivity contribution in [1.82, 2.24) is 10.9 Å². The summed E-state index contributed by atoms with van der Waals surface area (Å²) in [6, 6.07) is 6.08. The van der Waals surface area contributed by atoms with Gasteiger partial charge in [-0.1, -0.05) is 12.5 Å². The summed E-state index contributed by atoms with van der Waals surface area (Å²) in [5.74, 6) is -0.974. The van der Waals surface area contributed by atoms with Crippen LogP contribution in [0.3, 0.4) is 0 Å². The lowest BCUT2D eigenvalue weighted by Gasteiger charge is -2.07. The van der Waals surface area contributed by atoms with Gasteiger partial charge in [0.2, 0.25) is 0 Å². The number of hydrazine groups is 1. The molecule has 1 aliphatic carbocycles. The number of nitro benzene ring substituents is 1. The Morgan fingerprint density at radius 3 is 2.58 bits per heavy atom. The van der Waals surface area contributed by atoms with Crippen molar-refractivity contribution < 1.29 is 14.5 Å². The number of hydrogen-bond donors (Lipinski definition) is 2. The zero-order valence-electron chi connectivity index (χ0n) is 14.3. The topological polar surface area (TPSA) is 101 Å². The molecule has 2 aromatic rings. The van der Waals surface area contributed by atoms with E-state index in [2.05, 4.69) is 10.9 Å². The fourth-order valence-electron chi connectivity index (χ4n) is 2.97. The summed E-state index contributed by atoms with van der Waals surface area (Å²) in [5.41, 5.74) is 6.38. The summed E-state index contributed by atoms with van der Waals surface area (Å²) in [4.78, 5) is 36.7. The van der Waals surface area contributed by atoms with Crippen molar-refractivity contribution in [2.45, 2.75) is 39.0 Å². The number of benzene rings is 1. The molecule has 1 aromatic carbocycles. The van der Waals surface area contributed by atoms with Crippen LogP contribution in [0.4, 0.5) is 5.69 Å². The standard InChI is InChI=1S/C18H19N3O4S/c1-11-7-8-13(9-14(11)21(24)25)17(22)19-20-18(23)16-10-12-5-3-2-4-6-15(12)26-16/h7-10H,2-6H2,1H3,(H,19,22)(H,20,23). The average Bonchev–Trinajstić information content (AvgIpc) is 2.90. The summed E-state index contributed by atoms with van der Waals surface area (Å²) in [6.45, 7) is 1.60. The minimum Gasteiger partial charge on any atom is -0.267 e. The van der Waals surface area contributed by atoms with Crippen molar-refractivity contribution in [2.24, 2.45) is 0 Å². The van der Waals surface area contributed by atoms with E-state index in [0.717, 1.165) is 25.7 Å². The van der Waals surface area contributed by atoms with Gasteiger partial charge in [-0.15, -0.1) is 11.3 Å². The molecule has 3 rings (SSSR count). The Balaban J connectivity index is 1.65. The molecule has 1 aliphatic rings. The second kappa shape index (κ2) is 7.65. The second-order valence-electron chi connectivity index (χ2n) is 6.29. The van der Waals surface area contributed by atoms with Gasteiger partial charge in [0.1, 0.15) is 0 Å². The Morgan fingerprint density at radius 2 is 1.81 bits per heavy atom. The van der Waals surface area contributed by atoms with Gasteiger partial charge in [0.25, 0.3) is 17.5 Å². The minimum atomic E-state index is -0.598. The molecule has 8 heteroatoms. The lowest BCUT2D eigenvalue weighted by atomic mass is 10.1. The smallest absolute Gasteiger partial charge is 0.267 e. The van der Waals surface area contributed by atoms with Crippen LogP contribution in [0.25, 0.3) is 0 Å². The first kappa shape index (κ1) is 18.1. The molecule has 2 N–H and O–H groups in total. The zero-order chi connectivity index (χ0) is 18.7. The third-order valence-electron chi connectivity index (χ3n) is 4.43. The SMILES string of the molecule is Cc1ccc(C(=O)NNC(=O)c2cc3c(s2)CCCCC3)cc1[N+](=O)[O-]. The second-order valence-corrected chi connectivity index (χ2v) is 7.42. The number of nitrogens with one attached hydrogen (secondary N) is 2. The monoisotopic (exact) mass is 373 g/mol. The predicted molar refractivity (Wildman–Crippen MR) is 98.3 cm³/mol. The van der Waals surface area contributed by atoms with E-state index in [1.54, 1.807) is 6.92 Å². The van der Waals surface area contributed by atoms with E-state index in [0.29, 0.717) is 10.4 Å². The molecular formula is C18H19N3O4S. The number of carbonyl (C=O) groups excluding carboxylic acids is 2. The first-order valence-corrected chi connectivity index (χ1v) is 9.24. The molecule has 2 amide bonds. The molecule has 0 radical (unpaired) electrons. The summed E-state index contributed by atoms with van der Waals surface area (Å²) in [5, 5.41) is 11.0. The molecule has 0 saturated heterocycles. The van der Waals surface area contributed by atoms with Crippen molar-refractivity contribution >= 4 is 28.8 Å². The van der Waals surface area contributed by atoms with Gasteiger partial charge in [0.05, 0.1) is 9.80 Å². The maximum atomic E-state index is 12.3. The lowest BCUT2D eigenvalue weighted by molar-refractivity contribution is -0.385. The Labute approximate surface area is 154 Å². The van der Waals surface area contributed by atoms with Crippen LogP contribution in [0.15, 0.2) is 24.3 Å². The molecule has 0 saturated carbocycles. The fourth-order valence-corrected chi connectivity index (χ4v) is 4.12. The normalized spacial score (nSPS) is 13.4. The van der Waals surface area contributed by atoms with Crippen LogP contribution < -0.4 is 10.9 Å². The van der Waals surface area contributed by atoms with Gasteiger partial charge in [-0.3, -0.25) is 30.6 Å². The maximum Gasteiger partial charge on any atom is 0.279 e. The number of rotatable bonds is 3. The van der Waals surface area contributed by atoms with Crippen molar-refractivity contribution in [3.8, 4) is 0 Å². The molecule has 0 unspecified atom stereocenters. The molecule has 0 fully saturated rings. The van der Waals surface area contributed by atoms with Gasteiger partial charge < -0.3 is 0 Å². The average molecular weight is 373 g/mol. The van der Waals surface area contributed by atoms with E-state index in [4.69, 9.17) is 0 Å². The van der Waals surface area contributed by atoms with E-state index >= 15 is 0 Å². The number of hydrogen-bond acceptors (Lipinski definition) is 5. The molecule has 0 spiro atoms. The predicted octanol–water partition coefficient (Wildman–Crippen LogP) is 3.31. The van der Waals surface area contributed by atoms with Gasteiger partial charge in [-0.2, -0.15) is 0 Å². The highest BCUT2D eigenvalue weighted by atomic mass is 32.1. The number of nitro groups is 1. The van der Waals surface area contributed by atoms with Gasteiger partial charge in [0, 0.05) is 22.1 Å². The number of carbonyl (C=O) groups is 2. The Bertz CT molecular complexity index is 852. The van der Waals surface area contributed by atoms with E-state index in [1.165, 1.54) is 46.4 Å². The number of nitrogens with zero attached hydrogens (tertiary/aromatic N) is 1. The Morgan fingerprint density at radius 1 is 1.08 bits per heavy atom. The number of amides is 2. The molecule has 136 valence electrons. The quantitative estimate of drug-likeness (QED) is 0.489. The summed E-state index contributed by atoms with van der Waals surface area (Å²) in [6.07, 6.45) is 5.46. The third kappa shape index (κ3) is 3.91. The van der Waals surface area contributed by atoms with Crippen LogP contribution in [0.5, 0.6) is 0 Å². The number of aryl methyl sites for hydroxylation is 3. The van der Waals surface area contributed by atoms with Gasteiger partial charge >= 0.3 is 0 Å². The highest BCUT2D eigenvalue weighted by Crippen LogP contribution is 2.28. The summed E-state index contributed by atoms with van der Waals surface area (Å²) in [7, 11) is 0. The highest BCUT2D eigenvalue weighted by molar-refractivity contribution is 7.14. The molecule has 0 aliphatic heterocycles. The number of thiophene rings is 1. The van der Waals surface area contributed by atoms with Gasteiger partial charge in [-0.25, -0.2) is 0 Å².